The van der Waals surface area contributed by atoms with E-state index < -0.39 is 0 Å². The molecule has 2 heterocycles. The van der Waals surface area contributed by atoms with Gasteiger partial charge in [0.05, 0.1) is 11.2 Å². The van der Waals surface area contributed by atoms with Gasteiger partial charge in [-0.05, 0) is 65.1 Å². The molecule has 0 aliphatic heterocycles. The van der Waals surface area contributed by atoms with Crippen molar-refractivity contribution in [3.8, 4) is 5.69 Å². The zero-order valence-electron chi connectivity index (χ0n) is 18.0. The van der Waals surface area contributed by atoms with Gasteiger partial charge in [0.15, 0.2) is 5.16 Å². The number of hydrogen-bond acceptors (Lipinski definition) is 4. The maximum Gasteiger partial charge on any atom is 0.276 e. The van der Waals surface area contributed by atoms with E-state index in [1.807, 2.05) is 17.5 Å². The summed E-state index contributed by atoms with van der Waals surface area (Å²) in [6, 6.07) is 16.8. The van der Waals surface area contributed by atoms with Gasteiger partial charge in [0.25, 0.3) is 5.56 Å². The summed E-state index contributed by atoms with van der Waals surface area (Å²) in [7, 11) is 0. The number of aromatic nitrogens is 2. The van der Waals surface area contributed by atoms with E-state index in [0.29, 0.717) is 4.70 Å². The van der Waals surface area contributed by atoms with E-state index in [1.54, 1.807) is 16.3 Å². The number of aryl methyl sites for hydroxylation is 2. The summed E-state index contributed by atoms with van der Waals surface area (Å²) in [5.74, 6) is 0.761. The topological polar surface area (TPSA) is 34.9 Å². The summed E-state index contributed by atoms with van der Waals surface area (Å²) in [6.45, 7) is 10.8. The third kappa shape index (κ3) is 4.09. The van der Waals surface area contributed by atoms with Gasteiger partial charge in [-0.1, -0.05) is 62.9 Å². The van der Waals surface area contributed by atoms with E-state index in [-0.39, 0.29) is 11.0 Å². The number of nitrogens with zero attached hydrogens (tertiary/aromatic N) is 2. The Balaban J connectivity index is 1.72. The normalized spacial score (nSPS) is 11.9. The van der Waals surface area contributed by atoms with Crippen LogP contribution in [-0.4, -0.2) is 9.55 Å². The molecular weight excluding hydrogens is 408 g/mol. The highest BCUT2D eigenvalue weighted by Gasteiger charge is 2.16. The summed E-state index contributed by atoms with van der Waals surface area (Å²) in [5.41, 5.74) is 6.71. The van der Waals surface area contributed by atoms with Crippen molar-refractivity contribution in [3.63, 3.8) is 0 Å². The number of fused-ring (bicyclic) bond motifs is 1. The number of rotatable bonds is 4. The number of hydrogen-bond donors (Lipinski definition) is 0. The summed E-state index contributed by atoms with van der Waals surface area (Å²) >= 11 is 3.06. The van der Waals surface area contributed by atoms with E-state index in [0.717, 1.165) is 22.1 Å². The molecule has 0 fully saturated rings. The zero-order chi connectivity index (χ0) is 21.5. The largest absolute Gasteiger partial charge is 0.276 e. The lowest BCUT2D eigenvalue weighted by molar-refractivity contribution is 0.590. The molecule has 0 spiro atoms. The molecule has 4 rings (SSSR count). The van der Waals surface area contributed by atoms with Crippen LogP contribution in [0.15, 0.2) is 63.9 Å². The SMILES string of the molecule is Cc1ccc(-n2c(SCc3ccc(C(C)(C)C)cc3)nc3ccsc3c2=O)cc1C. The van der Waals surface area contributed by atoms with Gasteiger partial charge in [-0.25, -0.2) is 4.98 Å². The van der Waals surface area contributed by atoms with Gasteiger partial charge in [0.2, 0.25) is 0 Å². The summed E-state index contributed by atoms with van der Waals surface area (Å²) in [5, 5.41) is 2.66. The first-order valence-corrected chi connectivity index (χ1v) is 11.9. The number of thioether (sulfide) groups is 1. The Hall–Kier alpha value is -2.37. The van der Waals surface area contributed by atoms with Crippen LogP contribution >= 0.6 is 23.1 Å². The Morgan fingerprint density at radius 2 is 1.73 bits per heavy atom. The first kappa shape index (κ1) is 20.9. The van der Waals surface area contributed by atoms with Crippen LogP contribution in [0.2, 0.25) is 0 Å². The second-order valence-corrected chi connectivity index (χ2v) is 10.5. The zero-order valence-corrected chi connectivity index (χ0v) is 19.7. The fourth-order valence-electron chi connectivity index (χ4n) is 3.33. The summed E-state index contributed by atoms with van der Waals surface area (Å²) in [4.78, 5) is 18.1. The van der Waals surface area contributed by atoms with Gasteiger partial charge in [-0.2, -0.15) is 0 Å². The first-order chi connectivity index (χ1) is 14.2. The Kier molecular flexibility index (Phi) is 5.60. The minimum absolute atomic E-state index is 0.00355. The molecule has 0 radical (unpaired) electrons. The Morgan fingerprint density at radius 3 is 2.40 bits per heavy atom. The van der Waals surface area contributed by atoms with Crippen molar-refractivity contribution in [2.75, 3.05) is 0 Å². The van der Waals surface area contributed by atoms with Crippen LogP contribution in [0.1, 0.15) is 43.0 Å². The van der Waals surface area contributed by atoms with E-state index in [4.69, 9.17) is 4.98 Å². The highest BCUT2D eigenvalue weighted by molar-refractivity contribution is 7.98. The van der Waals surface area contributed by atoms with Crippen molar-refractivity contribution in [2.24, 2.45) is 0 Å². The van der Waals surface area contributed by atoms with Crippen LogP contribution in [0, 0.1) is 13.8 Å². The van der Waals surface area contributed by atoms with Crippen LogP contribution in [0.25, 0.3) is 15.9 Å². The molecule has 0 aliphatic carbocycles. The van der Waals surface area contributed by atoms with Crippen molar-refractivity contribution in [1.82, 2.24) is 9.55 Å². The highest BCUT2D eigenvalue weighted by atomic mass is 32.2. The highest BCUT2D eigenvalue weighted by Crippen LogP contribution is 2.28. The Morgan fingerprint density at radius 1 is 1.00 bits per heavy atom. The maximum absolute atomic E-state index is 13.3. The molecular formula is C25H26N2OS2. The average Bonchev–Trinajstić information content (AvgIpc) is 3.17. The Labute approximate surface area is 185 Å². The van der Waals surface area contributed by atoms with E-state index in [1.165, 1.54) is 33.6 Å². The lowest BCUT2D eigenvalue weighted by Crippen LogP contribution is -2.21. The first-order valence-electron chi connectivity index (χ1n) is 10.0. The minimum Gasteiger partial charge on any atom is -0.267 e. The van der Waals surface area contributed by atoms with Crippen molar-refractivity contribution in [1.29, 1.82) is 0 Å². The van der Waals surface area contributed by atoms with Gasteiger partial charge in [-0.15, -0.1) is 11.3 Å². The molecule has 0 saturated carbocycles. The fourth-order valence-corrected chi connectivity index (χ4v) is 5.06. The van der Waals surface area contributed by atoms with Crippen LogP contribution < -0.4 is 5.56 Å². The maximum atomic E-state index is 13.3. The molecule has 2 aromatic carbocycles. The molecule has 0 bridgehead atoms. The monoisotopic (exact) mass is 434 g/mol. The van der Waals surface area contributed by atoms with Crippen molar-refractivity contribution < 1.29 is 0 Å². The van der Waals surface area contributed by atoms with Crippen molar-refractivity contribution in [2.45, 2.75) is 50.9 Å². The molecule has 2 aromatic heterocycles. The number of benzene rings is 2. The third-order valence-electron chi connectivity index (χ3n) is 5.39. The van der Waals surface area contributed by atoms with Crippen LogP contribution in [0.3, 0.4) is 0 Å². The van der Waals surface area contributed by atoms with E-state index in [9.17, 15) is 4.79 Å². The fraction of sp³-hybridized carbons (Fsp3) is 0.280. The standard InChI is InChI=1S/C25H26N2OS2/c1-16-6-11-20(14-17(16)2)27-23(28)22-21(12-13-29-22)26-24(27)30-15-18-7-9-19(10-8-18)25(3,4)5/h6-14H,15H2,1-5H3. The van der Waals surface area contributed by atoms with Gasteiger partial charge in [0, 0.05) is 5.75 Å². The quantitative estimate of drug-likeness (QED) is 0.266. The lowest BCUT2D eigenvalue weighted by Gasteiger charge is -2.19. The molecule has 0 N–H and O–H groups in total. The molecule has 0 atom stereocenters. The van der Waals surface area contributed by atoms with Crippen molar-refractivity contribution in [3.05, 3.63) is 86.5 Å². The van der Waals surface area contributed by atoms with Gasteiger partial charge >= 0.3 is 0 Å². The second kappa shape index (κ2) is 8.05. The van der Waals surface area contributed by atoms with Crippen LogP contribution in [0.4, 0.5) is 0 Å². The lowest BCUT2D eigenvalue weighted by atomic mass is 9.87. The molecule has 3 nitrogen and oxygen atoms in total. The molecule has 0 saturated heterocycles. The van der Waals surface area contributed by atoms with Gasteiger partial charge in [0.1, 0.15) is 4.70 Å². The van der Waals surface area contributed by atoms with E-state index in [2.05, 4.69) is 71.0 Å². The summed E-state index contributed by atoms with van der Waals surface area (Å²) in [6.07, 6.45) is 0. The van der Waals surface area contributed by atoms with Gasteiger partial charge < -0.3 is 0 Å². The predicted octanol–water partition coefficient (Wildman–Crippen LogP) is 6.65. The van der Waals surface area contributed by atoms with Gasteiger partial charge in [-0.3, -0.25) is 9.36 Å². The van der Waals surface area contributed by atoms with Crippen LogP contribution in [-0.2, 0) is 11.2 Å². The van der Waals surface area contributed by atoms with Crippen LogP contribution in [0.5, 0.6) is 0 Å². The average molecular weight is 435 g/mol. The number of thiophene rings is 1. The third-order valence-corrected chi connectivity index (χ3v) is 7.29. The molecule has 0 amide bonds. The smallest absolute Gasteiger partial charge is 0.267 e. The molecule has 0 unspecified atom stereocenters. The van der Waals surface area contributed by atoms with E-state index >= 15 is 0 Å². The molecule has 154 valence electrons. The van der Waals surface area contributed by atoms with Crippen molar-refractivity contribution >= 4 is 33.3 Å². The molecule has 0 aliphatic rings. The summed E-state index contributed by atoms with van der Waals surface area (Å²) < 4.78 is 2.46. The Bertz CT molecular complexity index is 1260. The second-order valence-electron chi connectivity index (χ2n) is 8.67. The predicted molar refractivity (Wildman–Crippen MR) is 129 cm³/mol. The molecule has 4 aromatic rings. The minimum atomic E-state index is 0.00355. The molecule has 30 heavy (non-hydrogen) atoms. The molecule has 5 heteroatoms.